The van der Waals surface area contributed by atoms with Gasteiger partial charge >= 0.3 is 0 Å². The summed E-state index contributed by atoms with van der Waals surface area (Å²) in [5.74, 6) is 6.00. The zero-order chi connectivity index (χ0) is 13.8. The Morgan fingerprint density at radius 1 is 1.44 bits per heavy atom. The molecular weight excluding hydrogens is 216 g/mol. The molecule has 1 aliphatic carbocycles. The summed E-state index contributed by atoms with van der Waals surface area (Å²) in [6.45, 7) is 13.3. The van der Waals surface area contributed by atoms with Crippen LogP contribution >= 0.6 is 0 Å². The predicted molar refractivity (Wildman–Crippen MR) is 81.2 cm³/mol. The highest BCUT2D eigenvalue weighted by molar-refractivity contribution is 5.02. The zero-order valence-electron chi connectivity index (χ0n) is 12.7. The van der Waals surface area contributed by atoms with Gasteiger partial charge in [0, 0.05) is 6.42 Å². The van der Waals surface area contributed by atoms with Crippen LogP contribution in [0.3, 0.4) is 0 Å². The van der Waals surface area contributed by atoms with E-state index < -0.39 is 0 Å². The van der Waals surface area contributed by atoms with Crippen LogP contribution < -0.4 is 0 Å². The lowest BCUT2D eigenvalue weighted by Crippen LogP contribution is -2.27. The molecule has 0 N–H and O–H groups in total. The van der Waals surface area contributed by atoms with Gasteiger partial charge in [-0.25, -0.2) is 0 Å². The first-order valence-corrected chi connectivity index (χ1v) is 7.50. The third-order valence-corrected chi connectivity index (χ3v) is 5.16. The van der Waals surface area contributed by atoms with Crippen molar-refractivity contribution in [1.29, 1.82) is 0 Å². The third kappa shape index (κ3) is 3.41. The van der Waals surface area contributed by atoms with Gasteiger partial charge in [0.15, 0.2) is 0 Å². The lowest BCUT2D eigenvalue weighted by Gasteiger charge is -2.35. The highest BCUT2D eigenvalue weighted by Crippen LogP contribution is 2.53. The number of terminal acetylenes is 1. The molecule has 0 aromatic rings. The Kier molecular flexibility index (Phi) is 5.51. The summed E-state index contributed by atoms with van der Waals surface area (Å²) >= 11 is 0. The van der Waals surface area contributed by atoms with Gasteiger partial charge in [0.25, 0.3) is 0 Å². The van der Waals surface area contributed by atoms with E-state index in [2.05, 4.69) is 46.3 Å². The number of rotatable bonds is 6. The molecule has 1 aliphatic rings. The molecule has 0 heteroatoms. The van der Waals surface area contributed by atoms with Crippen molar-refractivity contribution in [2.45, 2.75) is 59.8 Å². The van der Waals surface area contributed by atoms with Gasteiger partial charge in [-0.15, -0.1) is 18.9 Å². The molecule has 1 rings (SSSR count). The summed E-state index contributed by atoms with van der Waals surface area (Å²) in [5.41, 5.74) is 0.380. The van der Waals surface area contributed by atoms with Crippen molar-refractivity contribution < 1.29 is 0 Å². The van der Waals surface area contributed by atoms with Crippen LogP contribution in [0.25, 0.3) is 0 Å². The quantitative estimate of drug-likeness (QED) is 0.440. The maximum Gasteiger partial charge on any atom is 0.0143 e. The summed E-state index contributed by atoms with van der Waals surface area (Å²) in [5, 5.41) is 0. The minimum absolute atomic E-state index is 0.380. The maximum absolute atomic E-state index is 5.59. The van der Waals surface area contributed by atoms with Gasteiger partial charge in [0.1, 0.15) is 0 Å². The van der Waals surface area contributed by atoms with Gasteiger partial charge in [0.05, 0.1) is 0 Å². The van der Waals surface area contributed by atoms with Crippen LogP contribution in [0.2, 0.25) is 0 Å². The molecule has 0 aromatic heterocycles. The van der Waals surface area contributed by atoms with Gasteiger partial charge in [-0.1, -0.05) is 33.8 Å². The van der Waals surface area contributed by atoms with Crippen molar-refractivity contribution in [1.82, 2.24) is 0 Å². The van der Waals surface area contributed by atoms with Crippen molar-refractivity contribution >= 4 is 0 Å². The number of hydrogen-bond acceptors (Lipinski definition) is 0. The minimum atomic E-state index is 0.380. The third-order valence-electron chi connectivity index (χ3n) is 5.16. The normalized spacial score (nSPS) is 33.3. The molecule has 0 saturated heterocycles. The molecule has 18 heavy (non-hydrogen) atoms. The molecule has 0 nitrogen and oxygen atoms in total. The molecule has 1 saturated carbocycles. The topological polar surface area (TPSA) is 0 Å². The van der Waals surface area contributed by atoms with Gasteiger partial charge in [0.2, 0.25) is 0 Å². The van der Waals surface area contributed by atoms with Crippen molar-refractivity contribution in [3.05, 3.63) is 12.7 Å². The molecule has 0 spiro atoms. The largest absolute Gasteiger partial charge is 0.120 e. The Morgan fingerprint density at radius 2 is 2.11 bits per heavy atom. The molecular formula is C18H30. The Bertz CT molecular complexity index is 306. The van der Waals surface area contributed by atoms with Crippen molar-refractivity contribution in [3.8, 4) is 12.3 Å². The fraction of sp³-hybridized carbons (Fsp3) is 0.778. The molecule has 0 heterocycles. The highest BCUT2D eigenvalue weighted by atomic mass is 14.5. The second-order valence-electron chi connectivity index (χ2n) is 6.88. The SMILES string of the molecule is C#CC[C@@]1(C)CC[C@H](C(C)C)[C@@H]1CC[C@H](C)C=C. The molecule has 0 radical (unpaired) electrons. The molecule has 0 amide bonds. The predicted octanol–water partition coefficient (Wildman–Crippen LogP) is 5.30. The standard InChI is InChI=1S/C18H30/c1-7-12-18(6)13-11-16(14(3)4)17(18)10-9-15(5)8-2/h1,8,14-17H,2,9-13H2,3-6H3/t15-,16-,17+,18+/m1/s1. The Hall–Kier alpha value is -0.700. The smallest absolute Gasteiger partial charge is 0.0143 e. The maximum atomic E-state index is 5.59. The Balaban J connectivity index is 2.75. The average molecular weight is 246 g/mol. The molecule has 0 aromatic carbocycles. The number of hydrogen-bond donors (Lipinski definition) is 0. The van der Waals surface area contributed by atoms with E-state index in [-0.39, 0.29) is 0 Å². The average Bonchev–Trinajstić information content (AvgIpc) is 2.64. The molecule has 0 unspecified atom stereocenters. The number of allylic oxidation sites excluding steroid dienone is 1. The first-order chi connectivity index (χ1) is 8.44. The Morgan fingerprint density at radius 3 is 2.61 bits per heavy atom. The molecule has 102 valence electrons. The van der Waals surface area contributed by atoms with Crippen LogP contribution in [0.15, 0.2) is 12.7 Å². The van der Waals surface area contributed by atoms with E-state index in [1.807, 2.05) is 0 Å². The zero-order valence-corrected chi connectivity index (χ0v) is 12.7. The Labute approximate surface area is 114 Å². The molecule has 0 aliphatic heterocycles. The first-order valence-electron chi connectivity index (χ1n) is 7.50. The van der Waals surface area contributed by atoms with E-state index in [1.165, 1.54) is 25.7 Å². The van der Waals surface area contributed by atoms with Crippen LogP contribution in [-0.4, -0.2) is 0 Å². The summed E-state index contributed by atoms with van der Waals surface area (Å²) in [7, 11) is 0. The lowest BCUT2D eigenvalue weighted by atomic mass is 9.70. The van der Waals surface area contributed by atoms with Crippen LogP contribution in [0.1, 0.15) is 59.8 Å². The molecule has 4 atom stereocenters. The highest BCUT2D eigenvalue weighted by Gasteiger charge is 2.44. The summed E-state index contributed by atoms with van der Waals surface area (Å²) < 4.78 is 0. The first kappa shape index (κ1) is 15.4. The van der Waals surface area contributed by atoms with Gasteiger partial charge in [-0.3, -0.25) is 0 Å². The fourth-order valence-electron chi connectivity index (χ4n) is 3.77. The minimum Gasteiger partial charge on any atom is -0.120 e. The van der Waals surface area contributed by atoms with Gasteiger partial charge in [-0.2, -0.15) is 0 Å². The van der Waals surface area contributed by atoms with Crippen LogP contribution in [0, 0.1) is 41.4 Å². The summed E-state index contributed by atoms with van der Waals surface area (Å²) in [4.78, 5) is 0. The van der Waals surface area contributed by atoms with Crippen molar-refractivity contribution in [3.63, 3.8) is 0 Å². The molecule has 1 fully saturated rings. The monoisotopic (exact) mass is 246 g/mol. The fourth-order valence-corrected chi connectivity index (χ4v) is 3.77. The van der Waals surface area contributed by atoms with Crippen LogP contribution in [0.5, 0.6) is 0 Å². The second-order valence-corrected chi connectivity index (χ2v) is 6.88. The van der Waals surface area contributed by atoms with Crippen molar-refractivity contribution in [2.75, 3.05) is 0 Å². The van der Waals surface area contributed by atoms with Gasteiger partial charge < -0.3 is 0 Å². The van der Waals surface area contributed by atoms with Crippen LogP contribution in [-0.2, 0) is 0 Å². The summed E-state index contributed by atoms with van der Waals surface area (Å²) in [6, 6.07) is 0. The van der Waals surface area contributed by atoms with E-state index in [9.17, 15) is 0 Å². The van der Waals surface area contributed by atoms with E-state index in [4.69, 9.17) is 6.42 Å². The van der Waals surface area contributed by atoms with Gasteiger partial charge in [-0.05, 0) is 54.8 Å². The van der Waals surface area contributed by atoms with E-state index >= 15 is 0 Å². The second kappa shape index (κ2) is 6.46. The summed E-state index contributed by atoms with van der Waals surface area (Å²) in [6.07, 6.45) is 13.9. The van der Waals surface area contributed by atoms with E-state index in [0.717, 1.165) is 24.2 Å². The van der Waals surface area contributed by atoms with Crippen molar-refractivity contribution in [2.24, 2.45) is 29.1 Å². The molecule has 0 bridgehead atoms. The van der Waals surface area contributed by atoms with E-state index in [0.29, 0.717) is 11.3 Å². The van der Waals surface area contributed by atoms with Crippen LogP contribution in [0.4, 0.5) is 0 Å². The van der Waals surface area contributed by atoms with E-state index in [1.54, 1.807) is 0 Å². The lowest BCUT2D eigenvalue weighted by molar-refractivity contribution is 0.153.